The third-order valence-corrected chi connectivity index (χ3v) is 2.41. The zero-order valence-corrected chi connectivity index (χ0v) is 10.3. The van der Waals surface area contributed by atoms with Gasteiger partial charge in [-0.3, -0.25) is 19.7 Å². The molecule has 19 heavy (non-hydrogen) atoms. The van der Waals surface area contributed by atoms with Gasteiger partial charge in [0.2, 0.25) is 5.91 Å². The van der Waals surface area contributed by atoms with Gasteiger partial charge < -0.3 is 10.6 Å². The largest absolute Gasteiger partial charge is 0.366 e. The van der Waals surface area contributed by atoms with Crippen LogP contribution in [-0.2, 0) is 0 Å². The lowest BCUT2D eigenvalue weighted by Crippen LogP contribution is -2.27. The van der Waals surface area contributed by atoms with Crippen LogP contribution in [0.1, 0.15) is 20.7 Å². The van der Waals surface area contributed by atoms with E-state index in [-0.39, 0.29) is 23.4 Å². The fourth-order valence-electron chi connectivity index (χ4n) is 1.48. The Morgan fingerprint density at radius 3 is 2.47 bits per heavy atom. The number of nitrogens with zero attached hydrogens (tertiary/aromatic N) is 2. The van der Waals surface area contributed by atoms with Crippen LogP contribution < -0.4 is 5.73 Å². The van der Waals surface area contributed by atoms with Crippen molar-refractivity contribution in [3.8, 4) is 0 Å². The number of nitrogens with two attached hydrogens (primary N) is 1. The molecule has 0 heterocycles. The Morgan fingerprint density at radius 1 is 1.42 bits per heavy atom. The molecule has 2 amide bonds. The van der Waals surface area contributed by atoms with Crippen molar-refractivity contribution in [1.82, 2.24) is 4.90 Å². The Hall–Kier alpha value is -2.70. The maximum absolute atomic E-state index is 12.0. The molecular weight excluding hydrogens is 250 g/mol. The Labute approximate surface area is 109 Å². The number of nitro benzene ring substituents is 1. The molecule has 1 aromatic carbocycles. The maximum Gasteiger partial charge on any atom is 0.271 e. The predicted octanol–water partition coefficient (Wildman–Crippen LogP) is 0.952. The maximum atomic E-state index is 12.0. The van der Waals surface area contributed by atoms with Gasteiger partial charge in [-0.05, 0) is 6.07 Å². The van der Waals surface area contributed by atoms with E-state index in [4.69, 9.17) is 5.73 Å². The van der Waals surface area contributed by atoms with E-state index in [1.165, 1.54) is 24.1 Å². The number of hydrogen-bond acceptors (Lipinski definition) is 4. The van der Waals surface area contributed by atoms with Gasteiger partial charge in [-0.2, -0.15) is 0 Å². The summed E-state index contributed by atoms with van der Waals surface area (Å²) in [6.45, 7) is 3.78. The molecule has 2 N–H and O–H groups in total. The van der Waals surface area contributed by atoms with Gasteiger partial charge in [0.05, 0.1) is 4.92 Å². The molecule has 0 aliphatic carbocycles. The summed E-state index contributed by atoms with van der Waals surface area (Å²) in [5.41, 5.74) is 4.68. The highest BCUT2D eigenvalue weighted by molar-refractivity contribution is 6.00. The van der Waals surface area contributed by atoms with Crippen LogP contribution in [0.25, 0.3) is 0 Å². The van der Waals surface area contributed by atoms with E-state index in [1.54, 1.807) is 0 Å². The first-order chi connectivity index (χ1) is 8.86. The number of amides is 2. The summed E-state index contributed by atoms with van der Waals surface area (Å²) in [4.78, 5) is 34.5. The quantitative estimate of drug-likeness (QED) is 0.484. The summed E-state index contributed by atoms with van der Waals surface area (Å²) in [7, 11) is 1.52. The van der Waals surface area contributed by atoms with Gasteiger partial charge in [0.1, 0.15) is 0 Å². The SMILES string of the molecule is C=CCN(C)C(=O)c1cc(C(N)=O)cc([N+](=O)[O-])c1. The number of primary amides is 1. The van der Waals surface area contributed by atoms with Gasteiger partial charge in [-0.1, -0.05) is 6.08 Å². The standard InChI is InChI=1S/C12H13N3O4/c1-3-4-14(2)12(17)9-5-8(11(13)16)6-10(7-9)15(18)19/h3,5-7H,1,4H2,2H3,(H2,13,16). The molecule has 100 valence electrons. The summed E-state index contributed by atoms with van der Waals surface area (Å²) < 4.78 is 0. The molecule has 7 heteroatoms. The number of likely N-dealkylation sites (N-methyl/N-ethyl adjacent to an activating group) is 1. The van der Waals surface area contributed by atoms with Crippen molar-refractivity contribution >= 4 is 17.5 Å². The first-order valence-electron chi connectivity index (χ1n) is 5.32. The molecule has 0 saturated carbocycles. The first-order valence-corrected chi connectivity index (χ1v) is 5.32. The summed E-state index contributed by atoms with van der Waals surface area (Å²) in [5.74, 6) is -1.28. The molecule has 0 aliphatic heterocycles. The lowest BCUT2D eigenvalue weighted by molar-refractivity contribution is -0.384. The minimum absolute atomic E-state index is 0.0346. The molecular formula is C12H13N3O4. The van der Waals surface area contributed by atoms with Crippen molar-refractivity contribution in [1.29, 1.82) is 0 Å². The normalized spacial score (nSPS) is 9.74. The number of nitro groups is 1. The van der Waals surface area contributed by atoms with Crippen LogP contribution in [0.2, 0.25) is 0 Å². The van der Waals surface area contributed by atoms with E-state index in [9.17, 15) is 19.7 Å². The average molecular weight is 263 g/mol. The predicted molar refractivity (Wildman–Crippen MR) is 68.8 cm³/mol. The van der Waals surface area contributed by atoms with Crippen LogP contribution in [0, 0.1) is 10.1 Å². The molecule has 0 unspecified atom stereocenters. The lowest BCUT2D eigenvalue weighted by atomic mass is 10.1. The van der Waals surface area contributed by atoms with Crippen LogP contribution in [0.15, 0.2) is 30.9 Å². The average Bonchev–Trinajstić information content (AvgIpc) is 2.37. The van der Waals surface area contributed by atoms with Crippen LogP contribution in [-0.4, -0.2) is 35.2 Å². The second-order valence-corrected chi connectivity index (χ2v) is 3.86. The minimum Gasteiger partial charge on any atom is -0.366 e. The fraction of sp³-hybridized carbons (Fsp3) is 0.167. The monoisotopic (exact) mass is 263 g/mol. The van der Waals surface area contributed by atoms with E-state index in [0.717, 1.165) is 12.1 Å². The number of hydrogen-bond donors (Lipinski definition) is 1. The van der Waals surface area contributed by atoms with Crippen LogP contribution >= 0.6 is 0 Å². The molecule has 0 fully saturated rings. The van der Waals surface area contributed by atoms with Crippen LogP contribution in [0.3, 0.4) is 0 Å². The summed E-state index contributed by atoms with van der Waals surface area (Å²) in [5, 5.41) is 10.8. The van der Waals surface area contributed by atoms with Gasteiger partial charge in [0.15, 0.2) is 0 Å². The topological polar surface area (TPSA) is 107 Å². The summed E-state index contributed by atoms with van der Waals surface area (Å²) >= 11 is 0. The third-order valence-electron chi connectivity index (χ3n) is 2.41. The van der Waals surface area contributed by atoms with Gasteiger partial charge >= 0.3 is 0 Å². The Morgan fingerprint density at radius 2 is 2.00 bits per heavy atom. The molecule has 0 aromatic heterocycles. The molecule has 0 saturated heterocycles. The zero-order valence-electron chi connectivity index (χ0n) is 10.3. The van der Waals surface area contributed by atoms with E-state index in [0.29, 0.717) is 0 Å². The highest BCUT2D eigenvalue weighted by Gasteiger charge is 2.18. The summed E-state index contributed by atoms with van der Waals surface area (Å²) in [6.07, 6.45) is 1.52. The van der Waals surface area contributed by atoms with Crippen LogP contribution in [0.5, 0.6) is 0 Å². The van der Waals surface area contributed by atoms with Crippen molar-refractivity contribution in [2.45, 2.75) is 0 Å². The summed E-state index contributed by atoms with van der Waals surface area (Å²) in [6, 6.07) is 3.37. The van der Waals surface area contributed by atoms with Crippen LogP contribution in [0.4, 0.5) is 5.69 Å². The van der Waals surface area contributed by atoms with Crippen molar-refractivity contribution in [3.63, 3.8) is 0 Å². The number of carbonyl (C=O) groups is 2. The van der Waals surface area contributed by atoms with Crippen molar-refractivity contribution in [2.24, 2.45) is 5.73 Å². The first kappa shape index (κ1) is 14.4. The molecule has 1 rings (SSSR count). The highest BCUT2D eigenvalue weighted by atomic mass is 16.6. The number of carbonyl (C=O) groups excluding carboxylic acids is 2. The van der Waals surface area contributed by atoms with E-state index >= 15 is 0 Å². The van der Waals surface area contributed by atoms with Crippen molar-refractivity contribution < 1.29 is 14.5 Å². The zero-order chi connectivity index (χ0) is 14.6. The number of non-ortho nitro benzene ring substituents is 1. The Balaban J connectivity index is 3.26. The molecule has 0 bridgehead atoms. The van der Waals surface area contributed by atoms with Gasteiger partial charge in [0.25, 0.3) is 11.6 Å². The Kier molecular flexibility index (Phi) is 4.36. The van der Waals surface area contributed by atoms with Gasteiger partial charge in [-0.25, -0.2) is 0 Å². The molecule has 1 aromatic rings. The second-order valence-electron chi connectivity index (χ2n) is 3.86. The second kappa shape index (κ2) is 5.76. The van der Waals surface area contributed by atoms with Crippen molar-refractivity contribution in [2.75, 3.05) is 13.6 Å². The molecule has 0 atom stereocenters. The van der Waals surface area contributed by atoms with E-state index in [2.05, 4.69) is 6.58 Å². The van der Waals surface area contributed by atoms with Crippen molar-refractivity contribution in [3.05, 3.63) is 52.1 Å². The molecule has 0 aliphatic rings. The number of rotatable bonds is 5. The van der Waals surface area contributed by atoms with Gasteiger partial charge in [0, 0.05) is 36.9 Å². The number of benzene rings is 1. The van der Waals surface area contributed by atoms with E-state index in [1.807, 2.05) is 0 Å². The smallest absolute Gasteiger partial charge is 0.271 e. The molecule has 0 spiro atoms. The highest BCUT2D eigenvalue weighted by Crippen LogP contribution is 2.18. The van der Waals surface area contributed by atoms with Gasteiger partial charge in [-0.15, -0.1) is 6.58 Å². The molecule has 7 nitrogen and oxygen atoms in total. The van der Waals surface area contributed by atoms with E-state index < -0.39 is 16.7 Å². The minimum atomic E-state index is -0.830. The fourth-order valence-corrected chi connectivity index (χ4v) is 1.48. The Bertz CT molecular complexity index is 522. The molecule has 0 radical (unpaired) electrons. The third kappa shape index (κ3) is 3.38. The lowest BCUT2D eigenvalue weighted by Gasteiger charge is -2.15.